The third-order valence-corrected chi connectivity index (χ3v) is 4.09. The Kier molecular flexibility index (Phi) is 4.63. The zero-order valence-electron chi connectivity index (χ0n) is 11.9. The summed E-state index contributed by atoms with van der Waals surface area (Å²) in [5, 5.41) is 9.81. The first-order valence-electron chi connectivity index (χ1n) is 6.96. The summed E-state index contributed by atoms with van der Waals surface area (Å²) in [4.78, 5) is 11.2. The first-order chi connectivity index (χ1) is 9.04. The van der Waals surface area contributed by atoms with Gasteiger partial charge < -0.3 is 10.0 Å². The fraction of sp³-hybridized carbons (Fsp3) is 0.714. The Bertz CT molecular complexity index is 447. The largest absolute Gasteiger partial charge is 0.395 e. The quantitative estimate of drug-likeness (QED) is 0.844. The average molecular weight is 284 g/mol. The van der Waals surface area contributed by atoms with Gasteiger partial charge in [-0.25, -0.2) is 9.97 Å². The standard InChI is InChI=1S/C14H22ClN3O/c1-9(2)13-16-12(15)10(3)14(17-13)18(7-8-19)11-5-4-6-11/h9,11,19H,4-8H2,1-3H3. The van der Waals surface area contributed by atoms with Crippen molar-refractivity contribution in [1.29, 1.82) is 0 Å². The highest BCUT2D eigenvalue weighted by Crippen LogP contribution is 2.32. The molecule has 1 aliphatic rings. The molecule has 0 unspecified atom stereocenters. The first-order valence-corrected chi connectivity index (χ1v) is 7.34. The molecule has 0 radical (unpaired) electrons. The number of rotatable bonds is 5. The number of aliphatic hydroxyl groups excluding tert-OH is 1. The summed E-state index contributed by atoms with van der Waals surface area (Å²) in [6, 6.07) is 0.483. The summed E-state index contributed by atoms with van der Waals surface area (Å²) in [5.74, 6) is 1.91. The van der Waals surface area contributed by atoms with Gasteiger partial charge in [-0.05, 0) is 26.2 Å². The minimum Gasteiger partial charge on any atom is -0.395 e. The van der Waals surface area contributed by atoms with Gasteiger partial charge in [-0.15, -0.1) is 0 Å². The monoisotopic (exact) mass is 283 g/mol. The van der Waals surface area contributed by atoms with Crippen molar-refractivity contribution in [3.05, 3.63) is 16.5 Å². The van der Waals surface area contributed by atoms with Crippen molar-refractivity contribution >= 4 is 17.4 Å². The fourth-order valence-corrected chi connectivity index (χ4v) is 2.47. The van der Waals surface area contributed by atoms with Gasteiger partial charge in [0, 0.05) is 24.1 Å². The number of halogens is 1. The molecule has 0 amide bonds. The molecule has 1 N–H and O–H groups in total. The van der Waals surface area contributed by atoms with Gasteiger partial charge in [0.25, 0.3) is 0 Å². The van der Waals surface area contributed by atoms with E-state index in [-0.39, 0.29) is 12.5 Å². The smallest absolute Gasteiger partial charge is 0.137 e. The van der Waals surface area contributed by atoms with E-state index in [0.29, 0.717) is 17.7 Å². The molecule has 2 rings (SSSR count). The van der Waals surface area contributed by atoms with Crippen molar-refractivity contribution < 1.29 is 5.11 Å². The molecule has 0 atom stereocenters. The van der Waals surface area contributed by atoms with Crippen molar-refractivity contribution in [1.82, 2.24) is 9.97 Å². The van der Waals surface area contributed by atoms with E-state index in [4.69, 9.17) is 11.6 Å². The Morgan fingerprint density at radius 1 is 1.37 bits per heavy atom. The van der Waals surface area contributed by atoms with Crippen LogP contribution in [-0.2, 0) is 0 Å². The maximum absolute atomic E-state index is 9.29. The third kappa shape index (κ3) is 3.00. The Morgan fingerprint density at radius 3 is 2.53 bits per heavy atom. The third-order valence-electron chi connectivity index (χ3n) is 3.72. The Morgan fingerprint density at radius 2 is 2.05 bits per heavy atom. The highest BCUT2D eigenvalue weighted by Gasteiger charge is 2.28. The molecule has 1 fully saturated rings. The molecule has 5 heteroatoms. The van der Waals surface area contributed by atoms with Crippen LogP contribution in [0.5, 0.6) is 0 Å². The summed E-state index contributed by atoms with van der Waals surface area (Å²) in [6.45, 7) is 6.81. The second-order valence-corrected chi connectivity index (χ2v) is 5.84. The van der Waals surface area contributed by atoms with Crippen LogP contribution in [0, 0.1) is 6.92 Å². The SMILES string of the molecule is Cc1c(Cl)nc(C(C)C)nc1N(CCO)C1CCC1. The summed E-state index contributed by atoms with van der Waals surface area (Å²) in [7, 11) is 0. The van der Waals surface area contributed by atoms with Gasteiger partial charge in [0.1, 0.15) is 16.8 Å². The second-order valence-electron chi connectivity index (χ2n) is 5.48. The minimum atomic E-state index is 0.134. The molecule has 0 saturated heterocycles. The van der Waals surface area contributed by atoms with Gasteiger partial charge in [-0.3, -0.25) is 0 Å². The number of anilines is 1. The van der Waals surface area contributed by atoms with Crippen LogP contribution < -0.4 is 4.90 Å². The highest BCUT2D eigenvalue weighted by molar-refractivity contribution is 6.30. The molecule has 4 nitrogen and oxygen atoms in total. The Balaban J connectivity index is 2.39. The number of aliphatic hydroxyl groups is 1. The van der Waals surface area contributed by atoms with E-state index in [9.17, 15) is 5.11 Å². The van der Waals surface area contributed by atoms with E-state index in [1.165, 1.54) is 6.42 Å². The lowest BCUT2D eigenvalue weighted by atomic mass is 9.91. The van der Waals surface area contributed by atoms with Gasteiger partial charge in [0.05, 0.1) is 6.61 Å². The van der Waals surface area contributed by atoms with Crippen molar-refractivity contribution in [2.24, 2.45) is 0 Å². The summed E-state index contributed by atoms with van der Waals surface area (Å²) < 4.78 is 0. The molecule has 0 spiro atoms. The number of aromatic nitrogens is 2. The van der Waals surface area contributed by atoms with Crippen LogP contribution in [0.25, 0.3) is 0 Å². The fourth-order valence-electron chi connectivity index (χ4n) is 2.30. The Labute approximate surface area is 119 Å². The first kappa shape index (κ1) is 14.5. The van der Waals surface area contributed by atoms with Crippen LogP contribution in [0.3, 0.4) is 0 Å². The lowest BCUT2D eigenvalue weighted by molar-refractivity contribution is 0.282. The topological polar surface area (TPSA) is 49.2 Å². The second kappa shape index (κ2) is 6.06. The van der Waals surface area contributed by atoms with Gasteiger partial charge in [-0.2, -0.15) is 0 Å². The molecule has 1 aromatic heterocycles. The maximum Gasteiger partial charge on any atom is 0.137 e. The lowest BCUT2D eigenvalue weighted by Gasteiger charge is -2.39. The van der Waals surface area contributed by atoms with E-state index in [2.05, 4.69) is 28.7 Å². The summed E-state index contributed by atoms with van der Waals surface area (Å²) in [6.07, 6.45) is 3.58. The molecule has 106 valence electrons. The van der Waals surface area contributed by atoms with E-state index < -0.39 is 0 Å². The van der Waals surface area contributed by atoms with Gasteiger partial charge in [0.2, 0.25) is 0 Å². The van der Waals surface area contributed by atoms with Gasteiger partial charge in [0.15, 0.2) is 0 Å². The Hall–Kier alpha value is -0.870. The molecule has 0 bridgehead atoms. The van der Waals surface area contributed by atoms with Crippen LogP contribution in [0.2, 0.25) is 5.15 Å². The van der Waals surface area contributed by atoms with Crippen LogP contribution in [-0.4, -0.2) is 34.3 Å². The zero-order chi connectivity index (χ0) is 14.0. The van der Waals surface area contributed by atoms with Crippen LogP contribution in [0.15, 0.2) is 0 Å². The normalized spacial score (nSPS) is 15.7. The van der Waals surface area contributed by atoms with E-state index >= 15 is 0 Å². The van der Waals surface area contributed by atoms with E-state index in [1.807, 2.05) is 6.92 Å². The number of hydrogen-bond acceptors (Lipinski definition) is 4. The molecule has 0 aliphatic heterocycles. The predicted octanol–water partition coefficient (Wildman–Crippen LogP) is 2.91. The molecular formula is C14H22ClN3O. The van der Waals surface area contributed by atoms with Gasteiger partial charge >= 0.3 is 0 Å². The number of hydrogen-bond donors (Lipinski definition) is 1. The van der Waals surface area contributed by atoms with Crippen molar-refractivity contribution in [2.75, 3.05) is 18.1 Å². The average Bonchev–Trinajstić information content (AvgIpc) is 2.29. The predicted molar refractivity (Wildman–Crippen MR) is 77.9 cm³/mol. The molecule has 1 heterocycles. The van der Waals surface area contributed by atoms with E-state index in [1.54, 1.807) is 0 Å². The van der Waals surface area contributed by atoms with Crippen LogP contribution in [0.1, 0.15) is 50.4 Å². The zero-order valence-corrected chi connectivity index (χ0v) is 12.6. The van der Waals surface area contributed by atoms with Crippen molar-refractivity contribution in [2.45, 2.75) is 52.0 Å². The molecule has 1 aliphatic carbocycles. The van der Waals surface area contributed by atoms with Crippen molar-refractivity contribution in [3.63, 3.8) is 0 Å². The van der Waals surface area contributed by atoms with Crippen LogP contribution >= 0.6 is 11.6 Å². The maximum atomic E-state index is 9.29. The lowest BCUT2D eigenvalue weighted by Crippen LogP contribution is -2.43. The van der Waals surface area contributed by atoms with Gasteiger partial charge in [-0.1, -0.05) is 25.4 Å². The van der Waals surface area contributed by atoms with Crippen molar-refractivity contribution in [3.8, 4) is 0 Å². The molecular weight excluding hydrogens is 262 g/mol. The minimum absolute atomic E-state index is 0.134. The number of nitrogens with zero attached hydrogens (tertiary/aromatic N) is 3. The molecule has 19 heavy (non-hydrogen) atoms. The summed E-state index contributed by atoms with van der Waals surface area (Å²) in [5.41, 5.74) is 0.909. The molecule has 1 saturated carbocycles. The highest BCUT2D eigenvalue weighted by atomic mass is 35.5. The molecule has 0 aromatic carbocycles. The van der Waals surface area contributed by atoms with Crippen LogP contribution in [0.4, 0.5) is 5.82 Å². The van der Waals surface area contributed by atoms with E-state index in [0.717, 1.165) is 30.0 Å². The summed E-state index contributed by atoms with van der Waals surface area (Å²) >= 11 is 6.23. The molecule has 1 aromatic rings.